The lowest BCUT2D eigenvalue weighted by Crippen LogP contribution is -2.47. The molecule has 1 aliphatic rings. The van der Waals surface area contributed by atoms with E-state index in [1.807, 2.05) is 6.07 Å². The predicted molar refractivity (Wildman–Crippen MR) is 72.4 cm³/mol. The quantitative estimate of drug-likeness (QED) is 0.809. The van der Waals surface area contributed by atoms with E-state index in [0.29, 0.717) is 19.5 Å². The average molecular weight is 265 g/mol. The third-order valence-electron chi connectivity index (χ3n) is 3.20. The van der Waals surface area contributed by atoms with Crippen LogP contribution < -0.4 is 10.6 Å². The van der Waals surface area contributed by atoms with Crippen molar-refractivity contribution < 1.29 is 9.18 Å². The summed E-state index contributed by atoms with van der Waals surface area (Å²) in [4.78, 5) is 13.9. The van der Waals surface area contributed by atoms with E-state index in [1.165, 1.54) is 12.1 Å². The summed E-state index contributed by atoms with van der Waals surface area (Å²) in [6.45, 7) is 4.71. The van der Waals surface area contributed by atoms with E-state index in [0.717, 1.165) is 31.7 Å². The molecule has 104 valence electrons. The van der Waals surface area contributed by atoms with Crippen LogP contribution >= 0.6 is 0 Å². The Bertz CT molecular complexity index is 419. The third kappa shape index (κ3) is 4.96. The highest BCUT2D eigenvalue weighted by atomic mass is 19.1. The Kier molecular flexibility index (Phi) is 5.30. The molecule has 1 amide bonds. The fourth-order valence-electron chi connectivity index (χ4n) is 2.17. The molecule has 0 aromatic heterocycles. The van der Waals surface area contributed by atoms with Gasteiger partial charge in [-0.05, 0) is 24.1 Å². The van der Waals surface area contributed by atoms with E-state index in [9.17, 15) is 9.18 Å². The average Bonchev–Trinajstić information content (AvgIpc) is 2.40. The molecule has 1 saturated heterocycles. The summed E-state index contributed by atoms with van der Waals surface area (Å²) < 4.78 is 13.0. The number of carbonyl (C=O) groups is 1. The first-order valence-electron chi connectivity index (χ1n) is 6.68. The molecule has 0 saturated carbocycles. The van der Waals surface area contributed by atoms with Crippen LogP contribution in [0.2, 0.25) is 0 Å². The fraction of sp³-hybridized carbons (Fsp3) is 0.500. The number of carbonyl (C=O) groups excluding carboxylic acids is 1. The molecule has 0 unspecified atom stereocenters. The Labute approximate surface area is 113 Å². The number of hydrogen-bond acceptors (Lipinski definition) is 3. The highest BCUT2D eigenvalue weighted by Crippen LogP contribution is 2.03. The molecule has 1 heterocycles. The van der Waals surface area contributed by atoms with Crippen molar-refractivity contribution in [1.82, 2.24) is 15.5 Å². The SMILES string of the molecule is O=C(CN1CCNCC1)NCCc1cccc(F)c1. The van der Waals surface area contributed by atoms with Crippen LogP contribution in [0.4, 0.5) is 4.39 Å². The van der Waals surface area contributed by atoms with Crippen molar-refractivity contribution in [2.24, 2.45) is 0 Å². The summed E-state index contributed by atoms with van der Waals surface area (Å²) in [6, 6.07) is 6.48. The molecule has 0 bridgehead atoms. The van der Waals surface area contributed by atoms with E-state index >= 15 is 0 Å². The number of hydrogen-bond donors (Lipinski definition) is 2. The van der Waals surface area contributed by atoms with Gasteiger partial charge >= 0.3 is 0 Å². The molecule has 2 rings (SSSR count). The van der Waals surface area contributed by atoms with Crippen molar-refractivity contribution in [3.8, 4) is 0 Å². The second kappa shape index (κ2) is 7.21. The molecule has 19 heavy (non-hydrogen) atoms. The van der Waals surface area contributed by atoms with Gasteiger partial charge in [-0.25, -0.2) is 4.39 Å². The van der Waals surface area contributed by atoms with Crippen molar-refractivity contribution in [1.29, 1.82) is 0 Å². The number of nitrogens with one attached hydrogen (secondary N) is 2. The standard InChI is InChI=1S/C14H20FN3O/c15-13-3-1-2-12(10-13)4-5-17-14(19)11-18-8-6-16-7-9-18/h1-3,10,16H,4-9,11H2,(H,17,19). The molecular weight excluding hydrogens is 245 g/mol. The molecule has 4 nitrogen and oxygen atoms in total. The summed E-state index contributed by atoms with van der Waals surface area (Å²) in [5.74, 6) is -0.192. The monoisotopic (exact) mass is 265 g/mol. The molecular formula is C14H20FN3O. The maximum absolute atomic E-state index is 13.0. The maximum Gasteiger partial charge on any atom is 0.234 e. The molecule has 1 fully saturated rings. The Morgan fingerprint density at radius 1 is 1.37 bits per heavy atom. The normalized spacial score (nSPS) is 16.3. The van der Waals surface area contributed by atoms with Gasteiger partial charge in [-0.1, -0.05) is 12.1 Å². The molecule has 0 radical (unpaired) electrons. The van der Waals surface area contributed by atoms with E-state index in [1.54, 1.807) is 6.07 Å². The molecule has 1 aliphatic heterocycles. The van der Waals surface area contributed by atoms with Crippen molar-refractivity contribution in [3.63, 3.8) is 0 Å². The summed E-state index contributed by atoms with van der Waals surface area (Å²) in [5, 5.41) is 6.12. The van der Waals surface area contributed by atoms with Crippen LogP contribution in [-0.4, -0.2) is 50.1 Å². The van der Waals surface area contributed by atoms with Gasteiger partial charge in [0.05, 0.1) is 6.54 Å². The van der Waals surface area contributed by atoms with Gasteiger partial charge in [0.15, 0.2) is 0 Å². The maximum atomic E-state index is 13.0. The molecule has 0 atom stereocenters. The topological polar surface area (TPSA) is 44.4 Å². The van der Waals surface area contributed by atoms with Crippen LogP contribution in [0.25, 0.3) is 0 Å². The van der Waals surface area contributed by atoms with E-state index in [-0.39, 0.29) is 11.7 Å². The van der Waals surface area contributed by atoms with E-state index in [2.05, 4.69) is 15.5 Å². The zero-order valence-corrected chi connectivity index (χ0v) is 11.0. The first-order valence-corrected chi connectivity index (χ1v) is 6.68. The lowest BCUT2D eigenvalue weighted by atomic mass is 10.1. The first-order chi connectivity index (χ1) is 9.24. The molecule has 1 aromatic rings. The van der Waals surface area contributed by atoms with Gasteiger partial charge in [-0.15, -0.1) is 0 Å². The van der Waals surface area contributed by atoms with Crippen LogP contribution in [0.5, 0.6) is 0 Å². The largest absolute Gasteiger partial charge is 0.355 e. The van der Waals surface area contributed by atoms with E-state index in [4.69, 9.17) is 0 Å². The van der Waals surface area contributed by atoms with Gasteiger partial charge < -0.3 is 10.6 Å². The molecule has 0 spiro atoms. The number of halogens is 1. The highest BCUT2D eigenvalue weighted by Gasteiger charge is 2.12. The van der Waals surface area contributed by atoms with Crippen LogP contribution in [0.15, 0.2) is 24.3 Å². The van der Waals surface area contributed by atoms with Crippen molar-refractivity contribution in [2.75, 3.05) is 39.3 Å². The second-order valence-corrected chi connectivity index (χ2v) is 4.76. The number of benzene rings is 1. The summed E-state index contributed by atoms with van der Waals surface area (Å²) in [6.07, 6.45) is 0.658. The van der Waals surface area contributed by atoms with Crippen LogP contribution in [0.1, 0.15) is 5.56 Å². The van der Waals surface area contributed by atoms with Gasteiger partial charge in [0.25, 0.3) is 0 Å². The second-order valence-electron chi connectivity index (χ2n) is 4.76. The predicted octanol–water partition coefficient (Wildman–Crippen LogP) is 0.390. The Hall–Kier alpha value is -1.46. The van der Waals surface area contributed by atoms with Crippen LogP contribution in [0.3, 0.4) is 0 Å². The third-order valence-corrected chi connectivity index (χ3v) is 3.20. The molecule has 2 N–H and O–H groups in total. The van der Waals surface area contributed by atoms with Gasteiger partial charge in [-0.2, -0.15) is 0 Å². The molecule has 5 heteroatoms. The highest BCUT2D eigenvalue weighted by molar-refractivity contribution is 5.78. The first kappa shape index (κ1) is 14.0. The minimum absolute atomic E-state index is 0.0401. The van der Waals surface area contributed by atoms with Crippen LogP contribution in [-0.2, 0) is 11.2 Å². The lowest BCUT2D eigenvalue weighted by Gasteiger charge is -2.26. The van der Waals surface area contributed by atoms with Gasteiger partial charge in [0, 0.05) is 32.7 Å². The smallest absolute Gasteiger partial charge is 0.234 e. The summed E-state index contributed by atoms with van der Waals surface area (Å²) in [7, 11) is 0. The van der Waals surface area contributed by atoms with Gasteiger partial charge in [-0.3, -0.25) is 9.69 Å². The molecule has 1 aromatic carbocycles. The minimum Gasteiger partial charge on any atom is -0.355 e. The number of rotatable bonds is 5. The summed E-state index contributed by atoms with van der Waals surface area (Å²) >= 11 is 0. The van der Waals surface area contributed by atoms with Crippen molar-refractivity contribution in [2.45, 2.75) is 6.42 Å². The van der Waals surface area contributed by atoms with Crippen molar-refractivity contribution >= 4 is 5.91 Å². The van der Waals surface area contributed by atoms with E-state index < -0.39 is 0 Å². The van der Waals surface area contributed by atoms with Crippen LogP contribution in [0, 0.1) is 5.82 Å². The minimum atomic E-state index is -0.232. The Morgan fingerprint density at radius 2 is 2.16 bits per heavy atom. The number of nitrogens with zero attached hydrogens (tertiary/aromatic N) is 1. The summed E-state index contributed by atoms with van der Waals surface area (Å²) in [5.41, 5.74) is 0.905. The van der Waals surface area contributed by atoms with Gasteiger partial charge in [0.1, 0.15) is 5.82 Å². The van der Waals surface area contributed by atoms with Crippen molar-refractivity contribution in [3.05, 3.63) is 35.6 Å². The fourth-order valence-corrected chi connectivity index (χ4v) is 2.17. The Morgan fingerprint density at radius 3 is 2.89 bits per heavy atom. The zero-order valence-electron chi connectivity index (χ0n) is 11.0. The number of piperazine rings is 1. The van der Waals surface area contributed by atoms with Gasteiger partial charge in [0.2, 0.25) is 5.91 Å². The number of amides is 1. The lowest BCUT2D eigenvalue weighted by molar-refractivity contribution is -0.122. The molecule has 0 aliphatic carbocycles. The zero-order chi connectivity index (χ0) is 13.5. The Balaban J connectivity index is 1.66.